The van der Waals surface area contributed by atoms with Gasteiger partial charge in [-0.2, -0.15) is 13.2 Å². The van der Waals surface area contributed by atoms with Gasteiger partial charge >= 0.3 is 6.18 Å². The number of nitrogens with two attached hydrogens (primary N) is 1. The number of nitrogens with zero attached hydrogens (tertiary/aromatic N) is 6. The maximum absolute atomic E-state index is 13.6. The number of halogens is 4. The molecule has 1 atom stereocenters. The minimum Gasteiger partial charge on any atom is -0.383 e. The monoisotopic (exact) mass is 531 g/mol. The number of alkyl halides is 3. The van der Waals surface area contributed by atoms with Crippen molar-refractivity contribution in [2.75, 3.05) is 5.73 Å². The first-order chi connectivity index (χ1) is 16.1. The molecule has 0 aliphatic heterocycles. The first-order valence-electron chi connectivity index (χ1n) is 9.95. The number of amides is 1. The Morgan fingerprint density at radius 2 is 1.85 bits per heavy atom. The highest BCUT2D eigenvalue weighted by molar-refractivity contribution is 9.10. The van der Waals surface area contributed by atoms with Crippen LogP contribution >= 0.6 is 15.9 Å². The average molecular weight is 532 g/mol. The van der Waals surface area contributed by atoms with E-state index < -0.39 is 23.7 Å². The van der Waals surface area contributed by atoms with Gasteiger partial charge in [0.05, 0.1) is 33.9 Å². The number of hydrogen-bond acceptors (Lipinski definition) is 7. The molecular formula is C22H17BrF3N7O. The molecule has 4 rings (SSSR count). The number of carbonyl (C=O) groups is 1. The van der Waals surface area contributed by atoms with Crippen molar-refractivity contribution >= 4 is 38.7 Å². The first kappa shape index (κ1) is 23.5. The summed E-state index contributed by atoms with van der Waals surface area (Å²) in [5.41, 5.74) is 5.82. The molecule has 174 valence electrons. The zero-order valence-corrected chi connectivity index (χ0v) is 19.2. The quantitative estimate of drug-likeness (QED) is 0.401. The second-order valence-electron chi connectivity index (χ2n) is 7.38. The van der Waals surface area contributed by atoms with E-state index in [0.717, 1.165) is 12.3 Å². The maximum Gasteiger partial charge on any atom is 0.417 e. The van der Waals surface area contributed by atoms with E-state index in [0.29, 0.717) is 21.3 Å². The van der Waals surface area contributed by atoms with Crippen LogP contribution in [0.3, 0.4) is 0 Å². The van der Waals surface area contributed by atoms with Crippen molar-refractivity contribution in [3.8, 4) is 0 Å². The molecule has 0 spiro atoms. The molecule has 0 aliphatic rings. The normalized spacial score (nSPS) is 12.5. The molecule has 34 heavy (non-hydrogen) atoms. The van der Waals surface area contributed by atoms with E-state index in [1.807, 2.05) is 0 Å². The molecule has 1 amide bonds. The fraction of sp³-hybridized carbons (Fsp3) is 0.182. The van der Waals surface area contributed by atoms with E-state index in [1.54, 1.807) is 37.5 Å². The number of hydrogen-bond donors (Lipinski definition) is 1. The summed E-state index contributed by atoms with van der Waals surface area (Å²) in [5.74, 6) is 0.210. The zero-order valence-electron chi connectivity index (χ0n) is 17.7. The number of carbonyl (C=O) groups excluding carboxylic acids is 1. The van der Waals surface area contributed by atoms with Crippen LogP contribution in [-0.4, -0.2) is 35.7 Å². The molecule has 4 heterocycles. The van der Waals surface area contributed by atoms with Crippen LogP contribution in [0.1, 0.15) is 40.4 Å². The summed E-state index contributed by atoms with van der Waals surface area (Å²) < 4.78 is 39.3. The molecule has 0 radical (unpaired) electrons. The van der Waals surface area contributed by atoms with E-state index in [9.17, 15) is 18.0 Å². The maximum atomic E-state index is 13.6. The molecule has 12 heteroatoms. The Balaban J connectivity index is 1.70. The van der Waals surface area contributed by atoms with Gasteiger partial charge in [-0.25, -0.2) is 19.9 Å². The van der Waals surface area contributed by atoms with Gasteiger partial charge in [0.25, 0.3) is 5.91 Å². The van der Waals surface area contributed by atoms with Gasteiger partial charge in [0.2, 0.25) is 0 Å². The Morgan fingerprint density at radius 3 is 2.50 bits per heavy atom. The van der Waals surface area contributed by atoms with Gasteiger partial charge in [0.15, 0.2) is 5.65 Å². The Bertz CT molecular complexity index is 1330. The lowest BCUT2D eigenvalue weighted by Gasteiger charge is -2.28. The van der Waals surface area contributed by atoms with E-state index >= 15 is 0 Å². The van der Waals surface area contributed by atoms with E-state index in [2.05, 4.69) is 40.8 Å². The Kier molecular flexibility index (Phi) is 6.42. The lowest BCUT2D eigenvalue weighted by atomic mass is 10.1. The Hall–Kier alpha value is -3.67. The predicted octanol–water partition coefficient (Wildman–Crippen LogP) is 4.58. The van der Waals surface area contributed by atoms with Gasteiger partial charge in [0, 0.05) is 30.2 Å². The van der Waals surface area contributed by atoms with E-state index in [4.69, 9.17) is 5.73 Å². The van der Waals surface area contributed by atoms with Gasteiger partial charge in [-0.3, -0.25) is 9.78 Å². The van der Waals surface area contributed by atoms with Crippen LogP contribution < -0.4 is 5.73 Å². The fourth-order valence-electron chi connectivity index (χ4n) is 3.25. The van der Waals surface area contributed by atoms with Crippen LogP contribution in [0, 0.1) is 0 Å². The fourth-order valence-corrected chi connectivity index (χ4v) is 3.58. The standard InChI is InChI=1S/C22H17BrF3N7O/c1-12(19-28-5-2-6-29-19)33(11-16-4-3-15(10-30-16)22(24,25)26)21(34)14-7-13-8-17(23)18(27)32-20(13)31-9-14/h2-10,12H,11H2,1H3,(H2,27,31,32)/t12-/m1/s1. The molecule has 8 nitrogen and oxygen atoms in total. The number of rotatable bonds is 5. The van der Waals surface area contributed by atoms with Crippen molar-refractivity contribution in [3.05, 3.63) is 82.2 Å². The summed E-state index contributed by atoms with van der Waals surface area (Å²) in [6, 6.07) is 6.53. The van der Waals surface area contributed by atoms with Crippen LogP contribution in [0.2, 0.25) is 0 Å². The summed E-state index contributed by atoms with van der Waals surface area (Å²) in [6.07, 6.45) is 0.699. The highest BCUT2D eigenvalue weighted by atomic mass is 79.9. The third-order valence-corrected chi connectivity index (χ3v) is 5.70. The van der Waals surface area contributed by atoms with Gasteiger partial charge in [-0.15, -0.1) is 0 Å². The summed E-state index contributed by atoms with van der Waals surface area (Å²) in [6.45, 7) is 1.66. The van der Waals surface area contributed by atoms with E-state index in [1.165, 1.54) is 17.2 Å². The van der Waals surface area contributed by atoms with E-state index in [-0.39, 0.29) is 23.6 Å². The molecule has 0 saturated carbocycles. The smallest absolute Gasteiger partial charge is 0.383 e. The molecule has 2 N–H and O–H groups in total. The number of anilines is 1. The average Bonchev–Trinajstić information content (AvgIpc) is 2.82. The van der Waals surface area contributed by atoms with Crippen LogP contribution in [0.5, 0.6) is 0 Å². The number of aromatic nitrogens is 5. The molecule has 0 aliphatic carbocycles. The lowest BCUT2D eigenvalue weighted by molar-refractivity contribution is -0.137. The van der Waals surface area contributed by atoms with Crippen molar-refractivity contribution in [2.24, 2.45) is 0 Å². The van der Waals surface area contributed by atoms with Crippen LogP contribution in [0.15, 0.2) is 59.6 Å². The summed E-state index contributed by atoms with van der Waals surface area (Å²) in [7, 11) is 0. The van der Waals surface area contributed by atoms with Crippen LogP contribution in [0.25, 0.3) is 11.0 Å². The number of nitrogen functional groups attached to an aromatic ring is 1. The summed E-state index contributed by atoms with van der Waals surface area (Å²) in [4.78, 5) is 35.7. The van der Waals surface area contributed by atoms with Gasteiger partial charge in [-0.05, 0) is 53.2 Å². The third kappa shape index (κ3) is 4.96. The second kappa shape index (κ2) is 9.29. The largest absolute Gasteiger partial charge is 0.417 e. The molecule has 0 unspecified atom stereocenters. The number of fused-ring (bicyclic) bond motifs is 1. The SMILES string of the molecule is C[C@H](c1ncccn1)N(Cc1ccc(C(F)(F)F)cn1)C(=O)c1cnc2nc(N)c(Br)cc2c1. The Labute approximate surface area is 200 Å². The molecule has 0 saturated heterocycles. The van der Waals surface area contributed by atoms with Gasteiger partial charge in [-0.1, -0.05) is 0 Å². The first-order valence-corrected chi connectivity index (χ1v) is 10.7. The lowest BCUT2D eigenvalue weighted by Crippen LogP contribution is -2.34. The Morgan fingerprint density at radius 1 is 1.12 bits per heavy atom. The molecule has 4 aromatic heterocycles. The van der Waals surface area contributed by atoms with Crippen molar-refractivity contribution < 1.29 is 18.0 Å². The number of pyridine rings is 3. The summed E-state index contributed by atoms with van der Waals surface area (Å²) >= 11 is 3.31. The zero-order chi connectivity index (χ0) is 24.5. The van der Waals surface area contributed by atoms with Crippen molar-refractivity contribution in [1.29, 1.82) is 0 Å². The highest BCUT2D eigenvalue weighted by Crippen LogP contribution is 2.29. The molecular weight excluding hydrogens is 515 g/mol. The molecule has 0 fully saturated rings. The van der Waals surface area contributed by atoms with Crippen molar-refractivity contribution in [3.63, 3.8) is 0 Å². The minimum absolute atomic E-state index is 0.0713. The third-order valence-electron chi connectivity index (χ3n) is 5.07. The van der Waals surface area contributed by atoms with Crippen LogP contribution in [-0.2, 0) is 12.7 Å². The predicted molar refractivity (Wildman–Crippen MR) is 121 cm³/mol. The molecule has 0 aromatic carbocycles. The van der Waals surface area contributed by atoms with Crippen LogP contribution in [0.4, 0.5) is 19.0 Å². The summed E-state index contributed by atoms with van der Waals surface area (Å²) in [5, 5.41) is 0.586. The topological polar surface area (TPSA) is 111 Å². The van der Waals surface area contributed by atoms with Gasteiger partial charge in [0.1, 0.15) is 11.6 Å². The van der Waals surface area contributed by atoms with Crippen molar-refractivity contribution in [1.82, 2.24) is 29.8 Å². The molecule has 0 bridgehead atoms. The molecule has 4 aromatic rings. The van der Waals surface area contributed by atoms with Gasteiger partial charge < -0.3 is 10.6 Å². The highest BCUT2D eigenvalue weighted by Gasteiger charge is 2.31. The second-order valence-corrected chi connectivity index (χ2v) is 8.23. The van der Waals surface area contributed by atoms with Crippen molar-refractivity contribution in [2.45, 2.75) is 25.7 Å². The minimum atomic E-state index is -4.51.